The van der Waals surface area contributed by atoms with Crippen molar-refractivity contribution in [1.29, 1.82) is 0 Å². The fourth-order valence-corrected chi connectivity index (χ4v) is 1.76. The van der Waals surface area contributed by atoms with Crippen LogP contribution in [0.25, 0.3) is 0 Å². The Labute approximate surface area is 113 Å². The van der Waals surface area contributed by atoms with E-state index in [1.54, 1.807) is 17.0 Å². The minimum Gasteiger partial charge on any atom is -0.410 e. The molecule has 2 rings (SSSR count). The highest BCUT2D eigenvalue weighted by Gasteiger charge is 2.14. The number of hydrogen-bond acceptors (Lipinski definition) is 2. The van der Waals surface area contributed by atoms with Crippen molar-refractivity contribution >= 4 is 6.09 Å². The Kier molecular flexibility index (Phi) is 4.56. The molecule has 0 aliphatic rings. The molecule has 0 N–H and O–H groups in total. The van der Waals surface area contributed by atoms with Gasteiger partial charge >= 0.3 is 6.09 Å². The Morgan fingerprint density at radius 3 is 2.16 bits per heavy atom. The van der Waals surface area contributed by atoms with Crippen LogP contribution in [-0.4, -0.2) is 17.5 Å². The number of hydrogen-bond donors (Lipinski definition) is 0. The first-order valence-electron chi connectivity index (χ1n) is 6.35. The van der Waals surface area contributed by atoms with Crippen LogP contribution < -0.4 is 4.74 Å². The second kappa shape index (κ2) is 6.59. The van der Waals surface area contributed by atoms with E-state index in [2.05, 4.69) is 0 Å². The largest absolute Gasteiger partial charge is 0.415 e. The van der Waals surface area contributed by atoms with E-state index in [0.717, 1.165) is 5.56 Å². The molecular formula is C16H17NO2. The van der Waals surface area contributed by atoms with Crippen LogP contribution in [0.3, 0.4) is 0 Å². The average molecular weight is 255 g/mol. The zero-order valence-corrected chi connectivity index (χ0v) is 11.0. The highest BCUT2D eigenvalue weighted by molar-refractivity contribution is 5.70. The van der Waals surface area contributed by atoms with Gasteiger partial charge in [0, 0.05) is 13.1 Å². The first kappa shape index (κ1) is 13.1. The number of ether oxygens (including phenoxy) is 1. The van der Waals surface area contributed by atoms with Crippen molar-refractivity contribution in [3.8, 4) is 5.75 Å². The van der Waals surface area contributed by atoms with Gasteiger partial charge < -0.3 is 9.64 Å². The normalized spacial score (nSPS) is 9.95. The van der Waals surface area contributed by atoms with E-state index < -0.39 is 0 Å². The zero-order chi connectivity index (χ0) is 13.5. The molecular weight excluding hydrogens is 238 g/mol. The maximum Gasteiger partial charge on any atom is 0.415 e. The SMILES string of the molecule is CCN(Cc1ccccc1)C(=O)Oc1ccccc1. The van der Waals surface area contributed by atoms with Gasteiger partial charge in [-0.1, -0.05) is 48.5 Å². The zero-order valence-electron chi connectivity index (χ0n) is 11.0. The third-order valence-corrected chi connectivity index (χ3v) is 2.80. The summed E-state index contributed by atoms with van der Waals surface area (Å²) in [6.45, 7) is 3.11. The summed E-state index contributed by atoms with van der Waals surface area (Å²) in [6.07, 6.45) is -0.322. The van der Waals surface area contributed by atoms with Crippen LogP contribution in [0.2, 0.25) is 0 Å². The fourth-order valence-electron chi connectivity index (χ4n) is 1.76. The molecule has 0 bridgehead atoms. The van der Waals surface area contributed by atoms with Crippen molar-refractivity contribution in [2.75, 3.05) is 6.54 Å². The van der Waals surface area contributed by atoms with Gasteiger partial charge in [-0.15, -0.1) is 0 Å². The highest BCUT2D eigenvalue weighted by Crippen LogP contribution is 2.12. The van der Waals surface area contributed by atoms with E-state index in [1.165, 1.54) is 0 Å². The molecule has 98 valence electrons. The van der Waals surface area contributed by atoms with Gasteiger partial charge in [0.25, 0.3) is 0 Å². The molecule has 0 saturated carbocycles. The van der Waals surface area contributed by atoms with Gasteiger partial charge in [0.2, 0.25) is 0 Å². The number of amides is 1. The first-order chi connectivity index (χ1) is 9.29. The van der Waals surface area contributed by atoms with Crippen LogP contribution in [-0.2, 0) is 6.54 Å². The lowest BCUT2D eigenvalue weighted by atomic mass is 10.2. The lowest BCUT2D eigenvalue weighted by molar-refractivity contribution is 0.152. The second-order valence-electron chi connectivity index (χ2n) is 4.18. The van der Waals surface area contributed by atoms with E-state index in [-0.39, 0.29) is 6.09 Å². The van der Waals surface area contributed by atoms with Crippen LogP contribution in [0.5, 0.6) is 5.75 Å². The van der Waals surface area contributed by atoms with Crippen LogP contribution in [0.4, 0.5) is 4.79 Å². The van der Waals surface area contributed by atoms with E-state index in [9.17, 15) is 4.79 Å². The maximum atomic E-state index is 12.1. The minimum atomic E-state index is -0.322. The predicted octanol–water partition coefficient (Wildman–Crippen LogP) is 3.71. The predicted molar refractivity (Wildman–Crippen MR) is 75.0 cm³/mol. The molecule has 0 aliphatic heterocycles. The van der Waals surface area contributed by atoms with E-state index >= 15 is 0 Å². The third-order valence-electron chi connectivity index (χ3n) is 2.80. The summed E-state index contributed by atoms with van der Waals surface area (Å²) >= 11 is 0. The third kappa shape index (κ3) is 3.85. The van der Waals surface area contributed by atoms with E-state index in [4.69, 9.17) is 4.74 Å². The molecule has 0 spiro atoms. The molecule has 19 heavy (non-hydrogen) atoms. The number of carbonyl (C=O) groups excluding carboxylic acids is 1. The number of para-hydroxylation sites is 1. The van der Waals surface area contributed by atoms with E-state index in [0.29, 0.717) is 18.8 Å². The number of carbonyl (C=O) groups is 1. The molecule has 3 nitrogen and oxygen atoms in total. The fraction of sp³-hybridized carbons (Fsp3) is 0.188. The van der Waals surface area contributed by atoms with Gasteiger partial charge in [-0.05, 0) is 24.6 Å². The smallest absolute Gasteiger partial charge is 0.410 e. The molecule has 0 aliphatic carbocycles. The number of rotatable bonds is 4. The summed E-state index contributed by atoms with van der Waals surface area (Å²) in [6, 6.07) is 19.0. The molecule has 0 fully saturated rings. The molecule has 2 aromatic rings. The summed E-state index contributed by atoms with van der Waals surface area (Å²) < 4.78 is 5.33. The summed E-state index contributed by atoms with van der Waals surface area (Å²) in [5.74, 6) is 0.569. The summed E-state index contributed by atoms with van der Waals surface area (Å²) in [5, 5.41) is 0. The number of benzene rings is 2. The van der Waals surface area contributed by atoms with Gasteiger partial charge in [0.05, 0.1) is 0 Å². The lowest BCUT2D eigenvalue weighted by Gasteiger charge is -2.20. The van der Waals surface area contributed by atoms with Gasteiger partial charge in [-0.3, -0.25) is 0 Å². The molecule has 0 atom stereocenters. The summed E-state index contributed by atoms with van der Waals surface area (Å²) in [4.78, 5) is 13.7. The van der Waals surface area contributed by atoms with Crippen LogP contribution in [0.1, 0.15) is 12.5 Å². The molecule has 0 heterocycles. The van der Waals surface area contributed by atoms with Crippen molar-refractivity contribution in [2.45, 2.75) is 13.5 Å². The van der Waals surface area contributed by atoms with Gasteiger partial charge in [-0.2, -0.15) is 0 Å². The number of nitrogens with zero attached hydrogens (tertiary/aromatic N) is 1. The van der Waals surface area contributed by atoms with Crippen molar-refractivity contribution in [1.82, 2.24) is 4.90 Å². The van der Waals surface area contributed by atoms with Gasteiger partial charge in [-0.25, -0.2) is 4.79 Å². The Hall–Kier alpha value is -2.29. The molecule has 0 aromatic heterocycles. The summed E-state index contributed by atoms with van der Waals surface area (Å²) in [7, 11) is 0. The highest BCUT2D eigenvalue weighted by atomic mass is 16.6. The maximum absolute atomic E-state index is 12.1. The average Bonchev–Trinajstić information content (AvgIpc) is 2.47. The molecule has 0 saturated heterocycles. The second-order valence-corrected chi connectivity index (χ2v) is 4.18. The van der Waals surface area contributed by atoms with Crippen LogP contribution in [0.15, 0.2) is 60.7 Å². The molecule has 0 unspecified atom stereocenters. The van der Waals surface area contributed by atoms with Crippen molar-refractivity contribution in [3.63, 3.8) is 0 Å². The quantitative estimate of drug-likeness (QED) is 0.833. The first-order valence-corrected chi connectivity index (χ1v) is 6.35. The molecule has 3 heteroatoms. The Morgan fingerprint density at radius 1 is 1.00 bits per heavy atom. The van der Waals surface area contributed by atoms with Crippen molar-refractivity contribution in [3.05, 3.63) is 66.2 Å². The summed E-state index contributed by atoms with van der Waals surface area (Å²) in [5.41, 5.74) is 1.09. The lowest BCUT2D eigenvalue weighted by Crippen LogP contribution is -2.32. The van der Waals surface area contributed by atoms with Crippen molar-refractivity contribution < 1.29 is 9.53 Å². The van der Waals surface area contributed by atoms with E-state index in [1.807, 2.05) is 55.5 Å². The Balaban J connectivity index is 2.00. The molecule has 2 aromatic carbocycles. The standard InChI is InChI=1S/C16H17NO2/c1-2-17(13-14-9-5-3-6-10-14)16(18)19-15-11-7-4-8-12-15/h3-12H,2,13H2,1H3. The minimum absolute atomic E-state index is 0.322. The van der Waals surface area contributed by atoms with Crippen LogP contribution >= 0.6 is 0 Å². The van der Waals surface area contributed by atoms with Crippen LogP contribution in [0, 0.1) is 0 Å². The Bertz CT molecular complexity index is 511. The molecule has 1 amide bonds. The van der Waals surface area contributed by atoms with Gasteiger partial charge in [0.15, 0.2) is 0 Å². The topological polar surface area (TPSA) is 29.5 Å². The van der Waals surface area contributed by atoms with Gasteiger partial charge in [0.1, 0.15) is 5.75 Å². The monoisotopic (exact) mass is 255 g/mol. The molecule has 0 radical (unpaired) electrons. The van der Waals surface area contributed by atoms with Crippen molar-refractivity contribution in [2.24, 2.45) is 0 Å². The Morgan fingerprint density at radius 2 is 1.58 bits per heavy atom.